The number of pyridine rings is 1. The maximum Gasteiger partial charge on any atom is 0.272 e. The number of likely N-dealkylation sites (tertiary alicyclic amines) is 1. The fraction of sp³-hybridized carbons (Fsp3) is 0.333. The minimum Gasteiger partial charge on any atom is -0.492 e. The van der Waals surface area contributed by atoms with Crippen LogP contribution >= 0.6 is 0 Å². The van der Waals surface area contributed by atoms with Gasteiger partial charge in [-0.15, -0.1) is 0 Å². The molecule has 0 saturated carbocycles. The molecule has 4 rings (SSSR count). The molecule has 2 atom stereocenters. The van der Waals surface area contributed by atoms with Crippen LogP contribution in [0.25, 0.3) is 0 Å². The first-order valence-corrected chi connectivity index (χ1v) is 9.12. The van der Waals surface area contributed by atoms with E-state index in [1.807, 2.05) is 0 Å². The highest BCUT2D eigenvalue weighted by Crippen LogP contribution is 2.45. The Morgan fingerprint density at radius 1 is 1.18 bits per heavy atom. The van der Waals surface area contributed by atoms with Crippen LogP contribution in [0.4, 0.5) is 0 Å². The molecule has 0 N–H and O–H groups in total. The second kappa shape index (κ2) is 6.74. The number of Topliss-reactive ketones (excluding diaryl/α,β-unsaturated/α-hetero) is 1. The Labute approximate surface area is 162 Å². The number of carbonyl (C=O) groups excluding carboxylic acids is 3. The third-order valence-corrected chi connectivity index (χ3v) is 5.52. The molecule has 2 amide bonds. The number of hydrogen-bond acceptors (Lipinski definition) is 5. The lowest BCUT2D eigenvalue weighted by molar-refractivity contribution is -0.135. The monoisotopic (exact) mass is 379 g/mol. The molecule has 0 aliphatic carbocycles. The van der Waals surface area contributed by atoms with Gasteiger partial charge in [-0.2, -0.15) is 0 Å². The first-order chi connectivity index (χ1) is 13.4. The number of fused-ring (bicyclic) bond motifs is 1. The summed E-state index contributed by atoms with van der Waals surface area (Å²) in [4.78, 5) is 46.5. The van der Waals surface area contributed by atoms with Gasteiger partial charge in [0.05, 0.1) is 16.9 Å². The summed E-state index contributed by atoms with van der Waals surface area (Å²) in [6.45, 7) is 0.350. The van der Waals surface area contributed by atoms with Gasteiger partial charge in [-0.3, -0.25) is 19.4 Å². The van der Waals surface area contributed by atoms with Crippen molar-refractivity contribution in [2.45, 2.75) is 0 Å². The standard InChI is InChI=1S/C21H21N3O4/c1-23(2)19(26)15-11-24(20(27)16-8-5-6-10-22-16)12-21(15)13-28-17-9-4-3-7-14(17)18(21)25/h3-10,15H,11-13H2,1-2H3/t15-,21-/m1/s1. The summed E-state index contributed by atoms with van der Waals surface area (Å²) in [6.07, 6.45) is 1.55. The van der Waals surface area contributed by atoms with Crippen molar-refractivity contribution < 1.29 is 19.1 Å². The summed E-state index contributed by atoms with van der Waals surface area (Å²) in [5.74, 6) is -0.779. The van der Waals surface area contributed by atoms with Crippen LogP contribution in [-0.2, 0) is 4.79 Å². The van der Waals surface area contributed by atoms with Crippen LogP contribution in [0.2, 0.25) is 0 Å². The van der Waals surface area contributed by atoms with Gasteiger partial charge in [-0.05, 0) is 24.3 Å². The van der Waals surface area contributed by atoms with Gasteiger partial charge < -0.3 is 14.5 Å². The van der Waals surface area contributed by atoms with Crippen LogP contribution < -0.4 is 4.74 Å². The molecule has 1 aromatic carbocycles. The molecule has 0 bridgehead atoms. The zero-order chi connectivity index (χ0) is 19.9. The lowest BCUT2D eigenvalue weighted by Gasteiger charge is -2.37. The van der Waals surface area contributed by atoms with Crippen molar-refractivity contribution in [3.05, 3.63) is 59.9 Å². The van der Waals surface area contributed by atoms with Crippen molar-refractivity contribution in [2.24, 2.45) is 11.3 Å². The molecule has 1 saturated heterocycles. The van der Waals surface area contributed by atoms with Gasteiger partial charge in [0.1, 0.15) is 18.1 Å². The molecule has 2 aromatic rings. The number of benzene rings is 1. The number of aromatic nitrogens is 1. The smallest absolute Gasteiger partial charge is 0.272 e. The van der Waals surface area contributed by atoms with E-state index < -0.39 is 11.3 Å². The van der Waals surface area contributed by atoms with Crippen LogP contribution in [0.1, 0.15) is 20.8 Å². The number of nitrogens with zero attached hydrogens (tertiary/aromatic N) is 3. The predicted octanol–water partition coefficient (Wildman–Crippen LogP) is 1.50. The molecule has 1 spiro atoms. The largest absolute Gasteiger partial charge is 0.492 e. The molecule has 144 valence electrons. The number of amides is 2. The summed E-state index contributed by atoms with van der Waals surface area (Å²) in [5.41, 5.74) is -0.349. The minimum atomic E-state index is -1.10. The van der Waals surface area contributed by atoms with Gasteiger partial charge in [-0.25, -0.2) is 0 Å². The first kappa shape index (κ1) is 18.2. The fourth-order valence-electron chi connectivity index (χ4n) is 4.04. The Kier molecular flexibility index (Phi) is 4.37. The number of hydrogen-bond donors (Lipinski definition) is 0. The summed E-state index contributed by atoms with van der Waals surface area (Å²) in [6, 6.07) is 12.1. The van der Waals surface area contributed by atoms with E-state index in [1.54, 1.807) is 67.7 Å². The molecule has 3 heterocycles. The normalized spacial score (nSPS) is 23.3. The van der Waals surface area contributed by atoms with Gasteiger partial charge in [-0.1, -0.05) is 18.2 Å². The van der Waals surface area contributed by atoms with Crippen molar-refractivity contribution in [3.8, 4) is 5.75 Å². The highest BCUT2D eigenvalue weighted by molar-refractivity contribution is 6.07. The Hall–Kier alpha value is -3.22. The molecular formula is C21H21N3O4. The van der Waals surface area contributed by atoms with E-state index in [1.165, 1.54) is 4.90 Å². The second-order valence-electron chi connectivity index (χ2n) is 7.46. The lowest BCUT2D eigenvalue weighted by Crippen LogP contribution is -2.51. The first-order valence-electron chi connectivity index (χ1n) is 9.12. The molecule has 2 aliphatic heterocycles. The molecule has 1 aromatic heterocycles. The van der Waals surface area contributed by atoms with E-state index >= 15 is 0 Å². The third-order valence-electron chi connectivity index (χ3n) is 5.52. The van der Waals surface area contributed by atoms with E-state index in [4.69, 9.17) is 4.74 Å². The Balaban J connectivity index is 1.73. The van der Waals surface area contributed by atoms with E-state index in [2.05, 4.69) is 4.98 Å². The lowest BCUT2D eigenvalue weighted by atomic mass is 9.71. The Morgan fingerprint density at radius 3 is 2.64 bits per heavy atom. The summed E-state index contributed by atoms with van der Waals surface area (Å²) < 4.78 is 5.88. The van der Waals surface area contributed by atoms with Crippen LogP contribution in [0, 0.1) is 11.3 Å². The van der Waals surface area contributed by atoms with Gasteiger partial charge in [0, 0.05) is 33.4 Å². The molecule has 0 radical (unpaired) electrons. The quantitative estimate of drug-likeness (QED) is 0.790. The molecule has 1 fully saturated rings. The van der Waals surface area contributed by atoms with Crippen LogP contribution in [0.3, 0.4) is 0 Å². The van der Waals surface area contributed by atoms with Crippen molar-refractivity contribution >= 4 is 17.6 Å². The summed E-state index contributed by atoms with van der Waals surface area (Å²) in [7, 11) is 3.31. The highest BCUT2D eigenvalue weighted by Gasteiger charge is 2.59. The van der Waals surface area contributed by atoms with Gasteiger partial charge >= 0.3 is 0 Å². The maximum atomic E-state index is 13.5. The Morgan fingerprint density at radius 2 is 1.93 bits per heavy atom. The predicted molar refractivity (Wildman–Crippen MR) is 101 cm³/mol. The summed E-state index contributed by atoms with van der Waals surface area (Å²) >= 11 is 0. The van der Waals surface area contributed by atoms with Gasteiger partial charge in [0.2, 0.25) is 5.91 Å². The van der Waals surface area contributed by atoms with E-state index in [9.17, 15) is 14.4 Å². The average molecular weight is 379 g/mol. The van der Waals surface area contributed by atoms with Crippen molar-refractivity contribution in [3.63, 3.8) is 0 Å². The SMILES string of the molecule is CN(C)C(=O)[C@H]1CN(C(=O)c2ccccn2)C[C@@]12COc1ccccc1C2=O. The topological polar surface area (TPSA) is 79.8 Å². The molecule has 28 heavy (non-hydrogen) atoms. The molecule has 7 heteroatoms. The zero-order valence-corrected chi connectivity index (χ0v) is 15.8. The van der Waals surface area contributed by atoms with Crippen LogP contribution in [0.5, 0.6) is 5.75 Å². The third kappa shape index (κ3) is 2.74. The number of ether oxygens (including phenoxy) is 1. The fourth-order valence-corrected chi connectivity index (χ4v) is 4.04. The average Bonchev–Trinajstić information content (AvgIpc) is 3.11. The van der Waals surface area contributed by atoms with Crippen molar-refractivity contribution in [1.82, 2.24) is 14.8 Å². The van der Waals surface area contributed by atoms with Gasteiger partial charge in [0.25, 0.3) is 5.91 Å². The van der Waals surface area contributed by atoms with Crippen molar-refractivity contribution in [1.29, 1.82) is 0 Å². The zero-order valence-electron chi connectivity index (χ0n) is 15.8. The number of rotatable bonds is 2. The molecule has 2 aliphatic rings. The van der Waals surface area contributed by atoms with Crippen LogP contribution in [0.15, 0.2) is 48.7 Å². The number of carbonyl (C=O) groups is 3. The Bertz CT molecular complexity index is 944. The molecular weight excluding hydrogens is 358 g/mol. The second-order valence-corrected chi connectivity index (χ2v) is 7.46. The summed E-state index contributed by atoms with van der Waals surface area (Å²) in [5, 5.41) is 0. The van der Waals surface area contributed by atoms with Gasteiger partial charge in [0.15, 0.2) is 5.78 Å². The molecule has 7 nitrogen and oxygen atoms in total. The number of para-hydroxylation sites is 1. The van der Waals surface area contributed by atoms with Crippen LogP contribution in [-0.4, -0.2) is 66.2 Å². The maximum absolute atomic E-state index is 13.5. The van der Waals surface area contributed by atoms with E-state index in [-0.39, 0.29) is 37.3 Å². The molecule has 0 unspecified atom stereocenters. The number of ketones is 1. The van der Waals surface area contributed by atoms with E-state index in [0.717, 1.165) is 0 Å². The van der Waals surface area contributed by atoms with E-state index in [0.29, 0.717) is 17.0 Å². The highest BCUT2D eigenvalue weighted by atomic mass is 16.5. The van der Waals surface area contributed by atoms with Crippen molar-refractivity contribution in [2.75, 3.05) is 33.8 Å². The minimum absolute atomic E-state index is 0.0685.